The molecule has 0 bridgehead atoms. The standard InChI is InChI=1S/C13H14Cl2N2O/c1-2-4-16-12(9-3-5-18-8-9)13-11(15)6-10(14)7-17-13/h3,5-8,12,16H,2,4H2,1H3. The van der Waals surface area contributed by atoms with Crippen LogP contribution in [0.3, 0.4) is 0 Å². The summed E-state index contributed by atoms with van der Waals surface area (Å²) in [4.78, 5) is 4.32. The van der Waals surface area contributed by atoms with E-state index in [9.17, 15) is 0 Å². The van der Waals surface area contributed by atoms with Crippen LogP contribution >= 0.6 is 23.2 Å². The summed E-state index contributed by atoms with van der Waals surface area (Å²) in [6, 6.07) is 3.53. The van der Waals surface area contributed by atoms with Crippen LogP contribution in [0, 0.1) is 0 Å². The number of furan rings is 1. The van der Waals surface area contributed by atoms with Crippen molar-refractivity contribution in [2.45, 2.75) is 19.4 Å². The van der Waals surface area contributed by atoms with E-state index in [1.165, 1.54) is 0 Å². The molecule has 1 N–H and O–H groups in total. The number of nitrogens with zero attached hydrogens (tertiary/aromatic N) is 1. The molecule has 2 heterocycles. The zero-order valence-electron chi connectivity index (χ0n) is 9.99. The van der Waals surface area contributed by atoms with Crippen molar-refractivity contribution in [3.05, 3.63) is 52.2 Å². The molecule has 0 aliphatic rings. The van der Waals surface area contributed by atoms with Gasteiger partial charge in [0, 0.05) is 11.8 Å². The Bertz CT molecular complexity index is 500. The molecule has 0 aliphatic heterocycles. The van der Waals surface area contributed by atoms with Gasteiger partial charge in [0.25, 0.3) is 0 Å². The van der Waals surface area contributed by atoms with Crippen LogP contribution in [0.5, 0.6) is 0 Å². The molecule has 0 amide bonds. The van der Waals surface area contributed by atoms with Crippen LogP contribution < -0.4 is 5.32 Å². The van der Waals surface area contributed by atoms with E-state index in [-0.39, 0.29) is 6.04 Å². The smallest absolute Gasteiger partial charge is 0.0954 e. The largest absolute Gasteiger partial charge is 0.472 e. The minimum Gasteiger partial charge on any atom is -0.472 e. The molecule has 2 aromatic rings. The van der Waals surface area contributed by atoms with Gasteiger partial charge in [-0.3, -0.25) is 4.98 Å². The summed E-state index contributed by atoms with van der Waals surface area (Å²) in [7, 11) is 0. The van der Waals surface area contributed by atoms with Gasteiger partial charge in [0.1, 0.15) is 0 Å². The van der Waals surface area contributed by atoms with Crippen LogP contribution in [0.1, 0.15) is 30.6 Å². The molecular formula is C13H14Cl2N2O. The van der Waals surface area contributed by atoms with Crippen molar-refractivity contribution in [1.29, 1.82) is 0 Å². The Labute approximate surface area is 116 Å². The average molecular weight is 285 g/mol. The van der Waals surface area contributed by atoms with E-state index in [2.05, 4.69) is 17.2 Å². The molecule has 96 valence electrons. The van der Waals surface area contributed by atoms with E-state index in [0.717, 1.165) is 24.2 Å². The van der Waals surface area contributed by atoms with Crippen LogP contribution in [-0.4, -0.2) is 11.5 Å². The summed E-state index contributed by atoms with van der Waals surface area (Å²) in [5, 5.41) is 4.48. The monoisotopic (exact) mass is 284 g/mol. The quantitative estimate of drug-likeness (QED) is 0.899. The second-order valence-corrected chi connectivity index (χ2v) is 4.81. The predicted molar refractivity (Wildman–Crippen MR) is 73.1 cm³/mol. The Morgan fingerprint density at radius 2 is 2.28 bits per heavy atom. The number of hydrogen-bond acceptors (Lipinski definition) is 3. The van der Waals surface area contributed by atoms with Crippen LogP contribution in [-0.2, 0) is 0 Å². The van der Waals surface area contributed by atoms with Crippen molar-refractivity contribution in [2.75, 3.05) is 6.54 Å². The molecule has 0 aliphatic carbocycles. The van der Waals surface area contributed by atoms with Crippen molar-refractivity contribution in [3.8, 4) is 0 Å². The van der Waals surface area contributed by atoms with Gasteiger partial charge in [0.15, 0.2) is 0 Å². The fraction of sp³-hybridized carbons (Fsp3) is 0.308. The Hall–Kier alpha value is -1.03. The molecule has 3 nitrogen and oxygen atoms in total. The molecular weight excluding hydrogens is 271 g/mol. The molecule has 1 atom stereocenters. The van der Waals surface area contributed by atoms with Crippen LogP contribution in [0.25, 0.3) is 0 Å². The van der Waals surface area contributed by atoms with Gasteiger partial charge in [0.05, 0.1) is 34.3 Å². The van der Waals surface area contributed by atoms with Gasteiger partial charge in [-0.25, -0.2) is 0 Å². The number of aromatic nitrogens is 1. The number of rotatable bonds is 5. The molecule has 0 saturated carbocycles. The van der Waals surface area contributed by atoms with Gasteiger partial charge in [-0.1, -0.05) is 30.1 Å². The number of hydrogen-bond donors (Lipinski definition) is 1. The van der Waals surface area contributed by atoms with Gasteiger partial charge in [0.2, 0.25) is 0 Å². The zero-order valence-corrected chi connectivity index (χ0v) is 11.5. The summed E-state index contributed by atoms with van der Waals surface area (Å²) >= 11 is 12.1. The van der Waals surface area contributed by atoms with Crippen LogP contribution in [0.4, 0.5) is 0 Å². The van der Waals surface area contributed by atoms with Crippen molar-refractivity contribution in [3.63, 3.8) is 0 Å². The first-order valence-corrected chi connectivity index (χ1v) is 6.54. The van der Waals surface area contributed by atoms with E-state index in [4.69, 9.17) is 27.6 Å². The summed E-state index contributed by atoms with van der Waals surface area (Å²) in [5.41, 5.74) is 1.76. The SMILES string of the molecule is CCCNC(c1ccoc1)c1ncc(Cl)cc1Cl. The minimum atomic E-state index is -0.0755. The average Bonchev–Trinajstić information content (AvgIpc) is 2.85. The second-order valence-electron chi connectivity index (χ2n) is 3.96. The highest BCUT2D eigenvalue weighted by atomic mass is 35.5. The lowest BCUT2D eigenvalue weighted by Crippen LogP contribution is -2.24. The molecule has 0 spiro atoms. The molecule has 2 aromatic heterocycles. The maximum Gasteiger partial charge on any atom is 0.0954 e. The zero-order chi connectivity index (χ0) is 13.0. The molecule has 0 radical (unpaired) electrons. The lowest BCUT2D eigenvalue weighted by atomic mass is 10.1. The molecule has 0 aromatic carbocycles. The minimum absolute atomic E-state index is 0.0755. The van der Waals surface area contributed by atoms with Crippen molar-refractivity contribution >= 4 is 23.2 Å². The van der Waals surface area contributed by atoms with Gasteiger partial charge < -0.3 is 9.73 Å². The predicted octanol–water partition coefficient (Wildman–Crippen LogP) is 4.07. The van der Waals surface area contributed by atoms with Crippen molar-refractivity contribution < 1.29 is 4.42 Å². The highest BCUT2D eigenvalue weighted by molar-refractivity contribution is 6.34. The van der Waals surface area contributed by atoms with E-state index < -0.39 is 0 Å². The van der Waals surface area contributed by atoms with E-state index in [1.807, 2.05) is 6.07 Å². The van der Waals surface area contributed by atoms with E-state index >= 15 is 0 Å². The summed E-state index contributed by atoms with van der Waals surface area (Å²) < 4.78 is 5.12. The van der Waals surface area contributed by atoms with Gasteiger partial charge in [-0.05, 0) is 25.1 Å². The first-order valence-electron chi connectivity index (χ1n) is 5.78. The normalized spacial score (nSPS) is 12.6. The third kappa shape index (κ3) is 3.05. The fourth-order valence-corrected chi connectivity index (χ4v) is 2.23. The maximum atomic E-state index is 6.20. The molecule has 18 heavy (non-hydrogen) atoms. The summed E-state index contributed by atoms with van der Waals surface area (Å²) in [6.07, 6.45) is 5.96. The summed E-state index contributed by atoms with van der Waals surface area (Å²) in [5.74, 6) is 0. The van der Waals surface area contributed by atoms with Crippen LogP contribution in [0.2, 0.25) is 10.0 Å². The lowest BCUT2D eigenvalue weighted by molar-refractivity contribution is 0.545. The molecule has 0 fully saturated rings. The molecule has 5 heteroatoms. The van der Waals surface area contributed by atoms with Crippen molar-refractivity contribution in [1.82, 2.24) is 10.3 Å². The third-order valence-electron chi connectivity index (χ3n) is 2.58. The Balaban J connectivity index is 2.33. The van der Waals surface area contributed by atoms with E-state index in [0.29, 0.717) is 10.0 Å². The first kappa shape index (κ1) is 13.4. The Morgan fingerprint density at radius 3 is 2.89 bits per heavy atom. The first-order chi connectivity index (χ1) is 8.72. The van der Waals surface area contributed by atoms with E-state index in [1.54, 1.807) is 24.8 Å². The summed E-state index contributed by atoms with van der Waals surface area (Å²) in [6.45, 7) is 2.98. The van der Waals surface area contributed by atoms with Gasteiger partial charge in [-0.2, -0.15) is 0 Å². The lowest BCUT2D eigenvalue weighted by Gasteiger charge is -2.17. The highest BCUT2D eigenvalue weighted by Gasteiger charge is 2.19. The molecule has 1 unspecified atom stereocenters. The number of halogens is 2. The molecule has 2 rings (SSSR count). The van der Waals surface area contributed by atoms with Crippen molar-refractivity contribution in [2.24, 2.45) is 0 Å². The highest BCUT2D eigenvalue weighted by Crippen LogP contribution is 2.28. The number of nitrogens with one attached hydrogen (secondary N) is 1. The third-order valence-corrected chi connectivity index (χ3v) is 3.09. The fourth-order valence-electron chi connectivity index (χ4n) is 1.74. The number of pyridine rings is 1. The van der Waals surface area contributed by atoms with Gasteiger partial charge in [-0.15, -0.1) is 0 Å². The Morgan fingerprint density at radius 1 is 1.44 bits per heavy atom. The molecule has 0 saturated heterocycles. The van der Waals surface area contributed by atoms with Gasteiger partial charge >= 0.3 is 0 Å². The Kier molecular flexibility index (Phi) is 4.64. The topological polar surface area (TPSA) is 38.1 Å². The van der Waals surface area contributed by atoms with Crippen LogP contribution in [0.15, 0.2) is 35.3 Å². The maximum absolute atomic E-state index is 6.20. The second kappa shape index (κ2) is 6.23.